The second-order valence-corrected chi connectivity index (χ2v) is 3.93. The molecule has 0 aliphatic carbocycles. The molecule has 0 fully saturated rings. The van der Waals surface area contributed by atoms with Gasteiger partial charge < -0.3 is 11.1 Å². The molecule has 2 rings (SSSR count). The molecule has 0 bridgehead atoms. The van der Waals surface area contributed by atoms with Gasteiger partial charge in [0.15, 0.2) is 0 Å². The van der Waals surface area contributed by atoms with E-state index >= 15 is 0 Å². The van der Waals surface area contributed by atoms with Crippen LogP contribution in [0.25, 0.3) is 0 Å². The molecule has 0 saturated heterocycles. The Morgan fingerprint density at radius 2 is 1.67 bits per heavy atom. The molecule has 3 N–H and O–H groups in total. The van der Waals surface area contributed by atoms with Gasteiger partial charge in [0.25, 0.3) is 5.91 Å². The van der Waals surface area contributed by atoms with Crippen molar-refractivity contribution in [1.82, 2.24) is 0 Å². The van der Waals surface area contributed by atoms with Gasteiger partial charge in [0, 0.05) is 5.69 Å². The number of hydrogen-bond acceptors (Lipinski definition) is 2. The lowest BCUT2D eigenvalue weighted by atomic mass is 10.1. The van der Waals surface area contributed by atoms with Crippen molar-refractivity contribution >= 4 is 41.3 Å². The van der Waals surface area contributed by atoms with Crippen LogP contribution < -0.4 is 11.1 Å². The van der Waals surface area contributed by atoms with Gasteiger partial charge >= 0.3 is 0 Å². The number of carbonyl (C=O) groups excluding carboxylic acids is 1. The average Bonchev–Trinajstić information content (AvgIpc) is 2.32. The van der Waals surface area contributed by atoms with Crippen LogP contribution in [-0.4, -0.2) is 5.91 Å². The standard InChI is InChI=1S/C13H11ClN2O.ClH/c14-10-6-2-4-8-12(10)16-13(17)9-5-1-3-7-11(9)15;/h1-8H,15H2,(H,16,17);1H. The molecule has 1 amide bonds. The Balaban J connectivity index is 0.00000162. The summed E-state index contributed by atoms with van der Waals surface area (Å²) in [7, 11) is 0. The first kappa shape index (κ1) is 14.4. The predicted octanol–water partition coefficient (Wildman–Crippen LogP) is 3.60. The number of benzene rings is 2. The van der Waals surface area contributed by atoms with Crippen LogP contribution >= 0.6 is 24.0 Å². The van der Waals surface area contributed by atoms with Crippen molar-refractivity contribution in [1.29, 1.82) is 0 Å². The maximum absolute atomic E-state index is 11.9. The Kier molecular flexibility index (Phi) is 5.01. The minimum absolute atomic E-state index is 0. The van der Waals surface area contributed by atoms with Crippen LogP contribution in [-0.2, 0) is 0 Å². The minimum Gasteiger partial charge on any atom is -0.398 e. The second kappa shape index (κ2) is 6.28. The van der Waals surface area contributed by atoms with Gasteiger partial charge in [-0.3, -0.25) is 4.79 Å². The van der Waals surface area contributed by atoms with E-state index < -0.39 is 0 Å². The Labute approximate surface area is 116 Å². The Morgan fingerprint density at radius 1 is 1.06 bits per heavy atom. The third kappa shape index (κ3) is 3.15. The zero-order chi connectivity index (χ0) is 12.3. The first-order valence-corrected chi connectivity index (χ1v) is 5.46. The lowest BCUT2D eigenvalue weighted by molar-refractivity contribution is 0.102. The topological polar surface area (TPSA) is 55.1 Å². The Morgan fingerprint density at radius 3 is 2.33 bits per heavy atom. The van der Waals surface area contributed by atoms with Crippen LogP contribution in [0.4, 0.5) is 11.4 Å². The number of rotatable bonds is 2. The van der Waals surface area contributed by atoms with E-state index in [2.05, 4.69) is 5.32 Å². The van der Waals surface area contributed by atoms with Gasteiger partial charge in [0.2, 0.25) is 0 Å². The summed E-state index contributed by atoms with van der Waals surface area (Å²) in [6.07, 6.45) is 0. The number of hydrogen-bond donors (Lipinski definition) is 2. The van der Waals surface area contributed by atoms with Crippen LogP contribution in [0.15, 0.2) is 48.5 Å². The van der Waals surface area contributed by atoms with E-state index in [1.165, 1.54) is 0 Å². The molecule has 0 aliphatic heterocycles. The molecular formula is C13H12Cl2N2O. The highest BCUT2D eigenvalue weighted by Gasteiger charge is 2.10. The molecular weight excluding hydrogens is 271 g/mol. The van der Waals surface area contributed by atoms with Crippen LogP contribution in [0.2, 0.25) is 5.02 Å². The van der Waals surface area contributed by atoms with Crippen molar-refractivity contribution in [3.63, 3.8) is 0 Å². The molecule has 3 nitrogen and oxygen atoms in total. The summed E-state index contributed by atoms with van der Waals surface area (Å²) in [4.78, 5) is 11.9. The van der Waals surface area contributed by atoms with Crippen molar-refractivity contribution in [2.45, 2.75) is 0 Å². The smallest absolute Gasteiger partial charge is 0.257 e. The zero-order valence-electron chi connectivity index (χ0n) is 9.39. The third-order valence-corrected chi connectivity index (χ3v) is 2.66. The summed E-state index contributed by atoms with van der Waals surface area (Å²) in [5.74, 6) is -0.267. The van der Waals surface area contributed by atoms with Crippen molar-refractivity contribution in [2.24, 2.45) is 0 Å². The van der Waals surface area contributed by atoms with E-state index in [-0.39, 0.29) is 18.3 Å². The number of amides is 1. The lowest BCUT2D eigenvalue weighted by Gasteiger charge is -2.08. The highest BCUT2D eigenvalue weighted by atomic mass is 35.5. The lowest BCUT2D eigenvalue weighted by Crippen LogP contribution is -2.14. The van der Waals surface area contributed by atoms with Crippen molar-refractivity contribution < 1.29 is 4.79 Å². The number of nitrogens with one attached hydrogen (secondary N) is 1. The molecule has 2 aromatic carbocycles. The van der Waals surface area contributed by atoms with Crippen molar-refractivity contribution in [3.8, 4) is 0 Å². The maximum Gasteiger partial charge on any atom is 0.257 e. The fourth-order valence-electron chi connectivity index (χ4n) is 1.46. The summed E-state index contributed by atoms with van der Waals surface area (Å²) in [6, 6.07) is 13.9. The van der Waals surface area contributed by atoms with Crippen LogP contribution in [0.3, 0.4) is 0 Å². The Bertz CT molecular complexity index is 558. The molecule has 5 heteroatoms. The van der Waals surface area contributed by atoms with E-state index in [1.807, 2.05) is 0 Å². The van der Waals surface area contributed by atoms with Crippen molar-refractivity contribution in [3.05, 3.63) is 59.1 Å². The molecule has 0 spiro atoms. The summed E-state index contributed by atoms with van der Waals surface area (Å²) in [5, 5.41) is 3.21. The molecule has 0 aliphatic rings. The summed E-state index contributed by atoms with van der Waals surface area (Å²) >= 11 is 5.95. The number of carbonyl (C=O) groups is 1. The first-order chi connectivity index (χ1) is 8.18. The molecule has 0 radical (unpaired) electrons. The number of anilines is 2. The van der Waals surface area contributed by atoms with E-state index in [9.17, 15) is 4.79 Å². The fourth-order valence-corrected chi connectivity index (χ4v) is 1.64. The normalized spacial score (nSPS) is 9.39. The van der Waals surface area contributed by atoms with Crippen LogP contribution in [0.1, 0.15) is 10.4 Å². The average molecular weight is 283 g/mol. The van der Waals surface area contributed by atoms with E-state index in [1.54, 1.807) is 48.5 Å². The number of halogens is 2. The quantitative estimate of drug-likeness (QED) is 0.827. The summed E-state index contributed by atoms with van der Waals surface area (Å²) in [6.45, 7) is 0. The van der Waals surface area contributed by atoms with Crippen molar-refractivity contribution in [2.75, 3.05) is 11.1 Å². The predicted molar refractivity (Wildman–Crippen MR) is 77.5 cm³/mol. The van der Waals surface area contributed by atoms with E-state index in [4.69, 9.17) is 17.3 Å². The van der Waals surface area contributed by atoms with E-state index in [0.717, 1.165) is 0 Å². The number of nitrogen functional groups attached to an aromatic ring is 1. The molecule has 0 aromatic heterocycles. The van der Waals surface area contributed by atoms with Gasteiger partial charge in [-0.05, 0) is 24.3 Å². The molecule has 0 heterocycles. The third-order valence-electron chi connectivity index (χ3n) is 2.33. The number of para-hydroxylation sites is 2. The Hall–Kier alpha value is -1.71. The van der Waals surface area contributed by atoms with Gasteiger partial charge in [-0.15, -0.1) is 12.4 Å². The van der Waals surface area contributed by atoms with Gasteiger partial charge in [-0.1, -0.05) is 35.9 Å². The summed E-state index contributed by atoms with van der Waals surface area (Å²) < 4.78 is 0. The van der Waals surface area contributed by atoms with Crippen LogP contribution in [0.5, 0.6) is 0 Å². The number of nitrogens with two attached hydrogens (primary N) is 1. The largest absolute Gasteiger partial charge is 0.398 e. The molecule has 2 aromatic rings. The second-order valence-electron chi connectivity index (χ2n) is 3.52. The highest BCUT2D eigenvalue weighted by molar-refractivity contribution is 6.34. The molecule has 94 valence electrons. The maximum atomic E-state index is 11.9. The molecule has 18 heavy (non-hydrogen) atoms. The van der Waals surface area contributed by atoms with Gasteiger partial charge in [0.05, 0.1) is 16.3 Å². The monoisotopic (exact) mass is 282 g/mol. The molecule has 0 saturated carbocycles. The van der Waals surface area contributed by atoms with E-state index in [0.29, 0.717) is 22.0 Å². The molecule has 0 atom stereocenters. The minimum atomic E-state index is -0.267. The first-order valence-electron chi connectivity index (χ1n) is 5.09. The van der Waals surface area contributed by atoms with Gasteiger partial charge in [-0.25, -0.2) is 0 Å². The van der Waals surface area contributed by atoms with Gasteiger partial charge in [0.1, 0.15) is 0 Å². The summed E-state index contributed by atoms with van der Waals surface area (Å²) in [5.41, 5.74) is 7.17. The highest BCUT2D eigenvalue weighted by Crippen LogP contribution is 2.22. The van der Waals surface area contributed by atoms with Gasteiger partial charge in [-0.2, -0.15) is 0 Å². The zero-order valence-corrected chi connectivity index (χ0v) is 11.0. The van der Waals surface area contributed by atoms with Crippen LogP contribution in [0, 0.1) is 0 Å². The molecule has 0 unspecified atom stereocenters. The SMILES string of the molecule is Cl.Nc1ccccc1C(=O)Nc1ccccc1Cl. The fraction of sp³-hybridized carbons (Fsp3) is 0.